The average Bonchev–Trinajstić information content (AvgIpc) is 3.01. The SMILES string of the molecule is CCC(C)(C)N(C(=O)C12CC3CC(CC(C3)C1)C2)C1CC(=O)N(c2ccccc2)C1=O. The van der Waals surface area contributed by atoms with E-state index in [1.165, 1.54) is 24.2 Å². The van der Waals surface area contributed by atoms with E-state index >= 15 is 0 Å². The minimum Gasteiger partial charge on any atom is -0.325 e. The molecule has 1 aliphatic heterocycles. The van der Waals surface area contributed by atoms with Crippen LogP contribution in [0.3, 0.4) is 0 Å². The molecule has 4 bridgehead atoms. The van der Waals surface area contributed by atoms with Gasteiger partial charge < -0.3 is 4.90 Å². The van der Waals surface area contributed by atoms with Crippen LogP contribution < -0.4 is 4.90 Å². The first kappa shape index (κ1) is 20.7. The number of rotatable bonds is 5. The van der Waals surface area contributed by atoms with Crippen LogP contribution in [0.1, 0.15) is 72.1 Å². The summed E-state index contributed by atoms with van der Waals surface area (Å²) in [5, 5.41) is 0. The van der Waals surface area contributed by atoms with Crippen molar-refractivity contribution in [2.45, 2.75) is 83.7 Å². The second-order valence-electron chi connectivity index (χ2n) is 11.2. The van der Waals surface area contributed by atoms with Gasteiger partial charge in [-0.05, 0) is 88.7 Å². The molecule has 0 aromatic heterocycles. The molecule has 1 saturated heterocycles. The van der Waals surface area contributed by atoms with Crippen LogP contribution in [0.2, 0.25) is 0 Å². The van der Waals surface area contributed by atoms with Gasteiger partial charge in [0.15, 0.2) is 0 Å². The number of imide groups is 1. The molecule has 6 rings (SSSR count). The summed E-state index contributed by atoms with van der Waals surface area (Å²) >= 11 is 0. The van der Waals surface area contributed by atoms with E-state index in [-0.39, 0.29) is 29.6 Å². The Labute approximate surface area is 185 Å². The van der Waals surface area contributed by atoms with Crippen LogP contribution in [-0.2, 0) is 14.4 Å². The van der Waals surface area contributed by atoms with E-state index < -0.39 is 11.6 Å². The van der Waals surface area contributed by atoms with Gasteiger partial charge in [-0.15, -0.1) is 0 Å². The Morgan fingerprint density at radius 2 is 1.58 bits per heavy atom. The molecule has 0 radical (unpaired) electrons. The zero-order valence-electron chi connectivity index (χ0n) is 19.0. The van der Waals surface area contributed by atoms with Crippen molar-refractivity contribution in [3.63, 3.8) is 0 Å². The molecule has 1 heterocycles. The van der Waals surface area contributed by atoms with Crippen molar-refractivity contribution < 1.29 is 14.4 Å². The predicted molar refractivity (Wildman–Crippen MR) is 119 cm³/mol. The highest BCUT2D eigenvalue weighted by atomic mass is 16.2. The molecule has 1 aromatic rings. The Balaban J connectivity index is 1.50. The molecule has 4 saturated carbocycles. The van der Waals surface area contributed by atoms with Crippen LogP contribution in [0.5, 0.6) is 0 Å². The predicted octanol–water partition coefficient (Wildman–Crippen LogP) is 4.55. The van der Waals surface area contributed by atoms with Crippen molar-refractivity contribution >= 4 is 23.4 Å². The first-order valence-electron chi connectivity index (χ1n) is 12.0. The highest BCUT2D eigenvalue weighted by molar-refractivity contribution is 6.23. The van der Waals surface area contributed by atoms with E-state index in [0.29, 0.717) is 23.4 Å². The topological polar surface area (TPSA) is 57.7 Å². The van der Waals surface area contributed by atoms with Crippen LogP contribution in [0.25, 0.3) is 0 Å². The molecule has 5 nitrogen and oxygen atoms in total. The van der Waals surface area contributed by atoms with E-state index in [9.17, 15) is 14.4 Å². The molecular weight excluding hydrogens is 388 g/mol. The first-order valence-corrected chi connectivity index (χ1v) is 12.0. The molecule has 5 fully saturated rings. The minimum absolute atomic E-state index is 0.0786. The number of carbonyl (C=O) groups is 3. The lowest BCUT2D eigenvalue weighted by Gasteiger charge is -2.58. The maximum atomic E-state index is 14.3. The van der Waals surface area contributed by atoms with Gasteiger partial charge in [-0.3, -0.25) is 14.4 Å². The molecule has 0 N–H and O–H groups in total. The summed E-state index contributed by atoms with van der Waals surface area (Å²) in [7, 11) is 0. The van der Waals surface area contributed by atoms with Crippen molar-refractivity contribution in [2.24, 2.45) is 23.2 Å². The molecule has 5 aliphatic rings. The van der Waals surface area contributed by atoms with Crippen molar-refractivity contribution in [2.75, 3.05) is 4.90 Å². The third kappa shape index (κ3) is 3.23. The highest BCUT2D eigenvalue weighted by Crippen LogP contribution is 2.61. The van der Waals surface area contributed by atoms with Gasteiger partial charge in [0.2, 0.25) is 11.8 Å². The Morgan fingerprint density at radius 1 is 1.03 bits per heavy atom. The minimum atomic E-state index is -0.705. The molecule has 1 unspecified atom stereocenters. The van der Waals surface area contributed by atoms with Gasteiger partial charge in [-0.25, -0.2) is 4.90 Å². The first-order chi connectivity index (χ1) is 14.7. The molecule has 166 valence electrons. The lowest BCUT2D eigenvalue weighted by molar-refractivity contribution is -0.168. The second kappa shape index (κ2) is 7.18. The normalized spacial score (nSPS) is 34.5. The monoisotopic (exact) mass is 422 g/mol. The molecule has 31 heavy (non-hydrogen) atoms. The van der Waals surface area contributed by atoms with Gasteiger partial charge in [0, 0.05) is 5.54 Å². The number of hydrogen-bond acceptors (Lipinski definition) is 3. The summed E-state index contributed by atoms with van der Waals surface area (Å²) in [5.41, 5.74) is -0.213. The molecule has 1 aromatic carbocycles. The van der Waals surface area contributed by atoms with Crippen molar-refractivity contribution in [1.29, 1.82) is 0 Å². The fraction of sp³-hybridized carbons (Fsp3) is 0.654. The van der Waals surface area contributed by atoms with E-state index in [0.717, 1.165) is 25.7 Å². The summed E-state index contributed by atoms with van der Waals surface area (Å²) in [6.07, 6.45) is 7.52. The van der Waals surface area contributed by atoms with Crippen LogP contribution in [0.4, 0.5) is 5.69 Å². The van der Waals surface area contributed by atoms with Gasteiger partial charge >= 0.3 is 0 Å². The zero-order valence-corrected chi connectivity index (χ0v) is 19.0. The Kier molecular flexibility index (Phi) is 4.80. The van der Waals surface area contributed by atoms with Gasteiger partial charge in [0.25, 0.3) is 5.91 Å². The van der Waals surface area contributed by atoms with Crippen molar-refractivity contribution in [1.82, 2.24) is 4.90 Å². The van der Waals surface area contributed by atoms with Crippen LogP contribution in [-0.4, -0.2) is 34.2 Å². The van der Waals surface area contributed by atoms with Gasteiger partial charge in [0.05, 0.1) is 17.5 Å². The second-order valence-corrected chi connectivity index (χ2v) is 11.2. The molecule has 5 heteroatoms. The van der Waals surface area contributed by atoms with E-state index in [2.05, 4.69) is 6.92 Å². The number of nitrogens with zero attached hydrogens (tertiary/aromatic N) is 2. The van der Waals surface area contributed by atoms with Crippen LogP contribution >= 0.6 is 0 Å². The largest absolute Gasteiger partial charge is 0.325 e. The fourth-order valence-corrected chi connectivity index (χ4v) is 7.30. The number of amides is 3. The molecule has 1 atom stereocenters. The average molecular weight is 423 g/mol. The van der Waals surface area contributed by atoms with Crippen molar-refractivity contribution in [3.8, 4) is 0 Å². The molecule has 4 aliphatic carbocycles. The maximum absolute atomic E-state index is 14.3. The summed E-state index contributed by atoms with van der Waals surface area (Å²) in [5.74, 6) is 1.64. The highest BCUT2D eigenvalue weighted by Gasteiger charge is 2.59. The summed E-state index contributed by atoms with van der Waals surface area (Å²) in [6.45, 7) is 6.17. The lowest BCUT2D eigenvalue weighted by Crippen LogP contribution is -2.62. The Bertz CT molecular complexity index is 871. The third-order valence-electron chi connectivity index (χ3n) is 8.68. The number of carbonyl (C=O) groups excluding carboxylic acids is 3. The summed E-state index contributed by atoms with van der Waals surface area (Å²) < 4.78 is 0. The quantitative estimate of drug-likeness (QED) is 0.654. The van der Waals surface area contributed by atoms with Crippen LogP contribution in [0, 0.1) is 23.2 Å². The smallest absolute Gasteiger partial charge is 0.257 e. The van der Waals surface area contributed by atoms with Gasteiger partial charge in [-0.2, -0.15) is 0 Å². The Hall–Kier alpha value is -2.17. The maximum Gasteiger partial charge on any atom is 0.257 e. The van der Waals surface area contributed by atoms with E-state index in [4.69, 9.17) is 0 Å². The summed E-state index contributed by atoms with van der Waals surface area (Å²) in [4.78, 5) is 44.0. The van der Waals surface area contributed by atoms with Gasteiger partial charge in [-0.1, -0.05) is 25.1 Å². The number of hydrogen-bond donors (Lipinski definition) is 0. The zero-order chi connectivity index (χ0) is 22.0. The van der Waals surface area contributed by atoms with E-state index in [1.807, 2.05) is 36.9 Å². The fourth-order valence-electron chi connectivity index (χ4n) is 7.30. The van der Waals surface area contributed by atoms with Crippen LogP contribution in [0.15, 0.2) is 30.3 Å². The number of para-hydroxylation sites is 1. The number of benzene rings is 1. The summed E-state index contributed by atoms with van der Waals surface area (Å²) in [6, 6.07) is 8.40. The third-order valence-corrected chi connectivity index (χ3v) is 8.68. The molecule has 3 amide bonds. The van der Waals surface area contributed by atoms with E-state index in [1.54, 1.807) is 12.1 Å². The molecule has 0 spiro atoms. The van der Waals surface area contributed by atoms with Crippen molar-refractivity contribution in [3.05, 3.63) is 30.3 Å². The van der Waals surface area contributed by atoms with Gasteiger partial charge in [0.1, 0.15) is 6.04 Å². The Morgan fingerprint density at radius 3 is 2.10 bits per heavy atom. The lowest BCUT2D eigenvalue weighted by atomic mass is 9.49. The standard InChI is InChI=1S/C26H34N2O3/c1-4-25(2,3)28(21-13-22(29)27(23(21)30)20-8-6-5-7-9-20)24(31)26-14-17-10-18(15-26)12-19(11-17)16-26/h5-9,17-19,21H,4,10-16H2,1-3H3. The number of anilines is 1. The molecular formula is C26H34N2O3.